The molecule has 0 atom stereocenters. The van der Waals surface area contributed by atoms with Crippen LogP contribution in [0.2, 0.25) is 0 Å². The summed E-state index contributed by atoms with van der Waals surface area (Å²) in [6.07, 6.45) is 0. The van der Waals surface area contributed by atoms with Crippen LogP contribution in [0.3, 0.4) is 0 Å². The smallest absolute Gasteiger partial charge is 0.147 e. The van der Waals surface area contributed by atoms with E-state index in [4.69, 9.17) is 10.8 Å². The van der Waals surface area contributed by atoms with Gasteiger partial charge in [-0.15, -0.1) is 0 Å². The second kappa shape index (κ2) is 2.46. The van der Waals surface area contributed by atoms with E-state index in [0.29, 0.717) is 0 Å². The summed E-state index contributed by atoms with van der Waals surface area (Å²) in [7, 11) is 0. The minimum Gasteiger partial charge on any atom is -0.507 e. The highest BCUT2D eigenvalue weighted by molar-refractivity contribution is 9.10. The molecule has 1 aromatic rings. The van der Waals surface area contributed by atoms with Gasteiger partial charge in [0.1, 0.15) is 11.6 Å². The second-order valence-corrected chi connectivity index (χ2v) is 2.59. The van der Waals surface area contributed by atoms with Crippen molar-refractivity contribution in [3.8, 4) is 5.75 Å². The molecule has 2 nitrogen and oxygen atoms in total. The Hall–Kier alpha value is -0.770. The van der Waals surface area contributed by atoms with Crippen LogP contribution in [0.25, 0.3) is 0 Å². The molecular weight excluding hydrogens is 201 g/mol. The van der Waals surface area contributed by atoms with E-state index in [1.165, 1.54) is 6.07 Å². The van der Waals surface area contributed by atoms with Gasteiger partial charge in [0.2, 0.25) is 0 Å². The number of rotatable bonds is 0. The van der Waals surface area contributed by atoms with E-state index in [2.05, 4.69) is 15.9 Å². The van der Waals surface area contributed by atoms with Crippen molar-refractivity contribution >= 4 is 21.6 Å². The maximum atomic E-state index is 12.5. The Morgan fingerprint density at radius 2 is 2.10 bits per heavy atom. The number of hydrogen-bond acceptors (Lipinski definition) is 2. The third kappa shape index (κ3) is 1.07. The van der Waals surface area contributed by atoms with Crippen molar-refractivity contribution in [3.05, 3.63) is 22.4 Å². The van der Waals surface area contributed by atoms with Gasteiger partial charge in [0, 0.05) is 0 Å². The zero-order valence-corrected chi connectivity index (χ0v) is 6.52. The third-order valence-electron chi connectivity index (χ3n) is 1.11. The minimum atomic E-state index is -0.537. The molecule has 54 valence electrons. The maximum Gasteiger partial charge on any atom is 0.147 e. The first-order chi connectivity index (χ1) is 4.63. The Labute approximate surface area is 65.6 Å². The molecular formula is C6H5BrFNO. The maximum absolute atomic E-state index is 12.5. The number of anilines is 1. The van der Waals surface area contributed by atoms with E-state index in [-0.39, 0.29) is 15.9 Å². The fourth-order valence-electron chi connectivity index (χ4n) is 0.558. The Kier molecular flexibility index (Phi) is 1.80. The summed E-state index contributed by atoms with van der Waals surface area (Å²) in [6.45, 7) is 0. The molecule has 0 fully saturated rings. The average molecular weight is 206 g/mol. The molecule has 0 aliphatic heterocycles. The van der Waals surface area contributed by atoms with Crippen molar-refractivity contribution in [2.24, 2.45) is 0 Å². The summed E-state index contributed by atoms with van der Waals surface area (Å²) in [5, 5.41) is 8.93. The van der Waals surface area contributed by atoms with Crippen LogP contribution in [0.15, 0.2) is 16.6 Å². The first-order valence-electron chi connectivity index (χ1n) is 2.55. The molecule has 1 aromatic carbocycles. The third-order valence-corrected chi connectivity index (χ3v) is 1.94. The van der Waals surface area contributed by atoms with Crippen molar-refractivity contribution in [2.45, 2.75) is 0 Å². The molecule has 0 saturated carbocycles. The molecule has 0 spiro atoms. The van der Waals surface area contributed by atoms with Gasteiger partial charge in [0.25, 0.3) is 0 Å². The zero-order valence-electron chi connectivity index (χ0n) is 4.94. The van der Waals surface area contributed by atoms with Crippen LogP contribution < -0.4 is 5.73 Å². The van der Waals surface area contributed by atoms with Crippen LogP contribution >= 0.6 is 15.9 Å². The van der Waals surface area contributed by atoms with Crippen molar-refractivity contribution in [1.29, 1.82) is 0 Å². The number of hydrogen-bond donors (Lipinski definition) is 2. The fourth-order valence-corrected chi connectivity index (χ4v) is 0.879. The van der Waals surface area contributed by atoms with E-state index >= 15 is 0 Å². The predicted molar refractivity (Wildman–Crippen MR) is 40.2 cm³/mol. The van der Waals surface area contributed by atoms with E-state index in [1.54, 1.807) is 0 Å². The van der Waals surface area contributed by atoms with Gasteiger partial charge >= 0.3 is 0 Å². The first-order valence-corrected chi connectivity index (χ1v) is 3.34. The predicted octanol–water partition coefficient (Wildman–Crippen LogP) is 1.88. The molecule has 0 aliphatic carbocycles. The Balaban J connectivity index is 3.34. The van der Waals surface area contributed by atoms with Crippen LogP contribution in [0, 0.1) is 5.82 Å². The summed E-state index contributed by atoms with van der Waals surface area (Å²) < 4.78 is 12.7. The van der Waals surface area contributed by atoms with Crippen LogP contribution in [-0.4, -0.2) is 5.11 Å². The number of nitrogens with two attached hydrogens (primary N) is 1. The van der Waals surface area contributed by atoms with E-state index in [0.717, 1.165) is 6.07 Å². The Morgan fingerprint density at radius 1 is 1.50 bits per heavy atom. The van der Waals surface area contributed by atoms with Crippen molar-refractivity contribution in [2.75, 3.05) is 5.73 Å². The quantitative estimate of drug-likeness (QED) is 0.636. The lowest BCUT2D eigenvalue weighted by molar-refractivity contribution is 0.470. The largest absolute Gasteiger partial charge is 0.507 e. The average Bonchev–Trinajstić information content (AvgIpc) is 1.93. The van der Waals surface area contributed by atoms with Gasteiger partial charge in [0.05, 0.1) is 10.2 Å². The molecule has 4 heteroatoms. The van der Waals surface area contributed by atoms with E-state index in [9.17, 15) is 4.39 Å². The lowest BCUT2D eigenvalue weighted by Crippen LogP contribution is -1.90. The summed E-state index contributed by atoms with van der Waals surface area (Å²) in [4.78, 5) is 0. The van der Waals surface area contributed by atoms with Gasteiger partial charge in [-0.2, -0.15) is 0 Å². The molecule has 3 N–H and O–H groups in total. The van der Waals surface area contributed by atoms with Crippen LogP contribution in [0.4, 0.5) is 10.1 Å². The molecule has 0 radical (unpaired) electrons. The van der Waals surface area contributed by atoms with Gasteiger partial charge in [-0.05, 0) is 28.1 Å². The normalized spacial score (nSPS) is 9.80. The zero-order chi connectivity index (χ0) is 7.72. The van der Waals surface area contributed by atoms with Crippen LogP contribution in [-0.2, 0) is 0 Å². The van der Waals surface area contributed by atoms with Gasteiger partial charge in [-0.1, -0.05) is 0 Å². The summed E-state index contributed by atoms with van der Waals surface area (Å²) in [6, 6.07) is 2.34. The Bertz CT molecular complexity index is 237. The van der Waals surface area contributed by atoms with Gasteiger partial charge in [-0.3, -0.25) is 0 Å². The molecule has 1 rings (SSSR count). The molecule has 0 saturated heterocycles. The molecule has 0 aromatic heterocycles. The number of benzene rings is 1. The summed E-state index contributed by atoms with van der Waals surface area (Å²) in [5.74, 6) is -0.594. The van der Waals surface area contributed by atoms with Crippen molar-refractivity contribution < 1.29 is 9.50 Å². The highest BCUT2D eigenvalue weighted by Gasteiger charge is 2.05. The molecule has 0 aliphatic rings. The highest BCUT2D eigenvalue weighted by Crippen LogP contribution is 2.30. The topological polar surface area (TPSA) is 46.2 Å². The standard InChI is InChI=1S/C6H5BrFNO/c7-5-4(10)2-1-3(8)6(5)9/h1-2,10H,9H2. The molecule has 10 heavy (non-hydrogen) atoms. The second-order valence-electron chi connectivity index (χ2n) is 1.79. The molecule has 0 bridgehead atoms. The van der Waals surface area contributed by atoms with Gasteiger partial charge in [0.15, 0.2) is 0 Å². The van der Waals surface area contributed by atoms with Gasteiger partial charge in [-0.25, -0.2) is 4.39 Å². The number of aromatic hydroxyl groups is 1. The fraction of sp³-hybridized carbons (Fsp3) is 0. The molecule has 0 amide bonds. The van der Waals surface area contributed by atoms with E-state index < -0.39 is 5.82 Å². The Morgan fingerprint density at radius 3 is 2.60 bits per heavy atom. The van der Waals surface area contributed by atoms with Crippen molar-refractivity contribution in [1.82, 2.24) is 0 Å². The minimum absolute atomic E-state index is 0.0566. The monoisotopic (exact) mass is 205 g/mol. The number of phenols is 1. The number of halogens is 2. The van der Waals surface area contributed by atoms with Crippen LogP contribution in [0.1, 0.15) is 0 Å². The van der Waals surface area contributed by atoms with E-state index in [1.807, 2.05) is 0 Å². The lowest BCUT2D eigenvalue weighted by Gasteiger charge is -2.00. The summed E-state index contributed by atoms with van der Waals surface area (Å²) in [5.41, 5.74) is 5.13. The molecule has 0 heterocycles. The number of phenolic OH excluding ortho intramolecular Hbond substituents is 1. The first kappa shape index (κ1) is 7.34. The lowest BCUT2D eigenvalue weighted by atomic mass is 10.3. The van der Waals surface area contributed by atoms with Crippen LogP contribution in [0.5, 0.6) is 5.75 Å². The van der Waals surface area contributed by atoms with Gasteiger partial charge < -0.3 is 10.8 Å². The SMILES string of the molecule is Nc1c(F)ccc(O)c1Br. The summed E-state index contributed by atoms with van der Waals surface area (Å²) >= 11 is 2.91. The highest BCUT2D eigenvalue weighted by atomic mass is 79.9. The number of nitrogen functional groups attached to an aromatic ring is 1. The van der Waals surface area contributed by atoms with Crippen molar-refractivity contribution in [3.63, 3.8) is 0 Å². The molecule has 0 unspecified atom stereocenters.